The van der Waals surface area contributed by atoms with E-state index in [1.807, 2.05) is 0 Å². The first-order valence-corrected chi connectivity index (χ1v) is 5.18. The van der Waals surface area contributed by atoms with E-state index in [2.05, 4.69) is 10.1 Å². The number of carbonyl (C=O) groups excluding carboxylic acids is 2. The molecule has 0 saturated carbocycles. The summed E-state index contributed by atoms with van der Waals surface area (Å²) in [7, 11) is 0. The Bertz CT molecular complexity index is 446. The van der Waals surface area contributed by atoms with Crippen molar-refractivity contribution in [1.29, 1.82) is 0 Å². The van der Waals surface area contributed by atoms with E-state index < -0.39 is 18.0 Å². The summed E-state index contributed by atoms with van der Waals surface area (Å²) in [6.45, 7) is 1.21. The third-order valence-electron chi connectivity index (χ3n) is 2.37. The standard InChI is InChI=1S/C11H11FN2O3/c12-8-3-1-4-9(7-8)13-10(15)17-11(16)14-5-2-6-14/h1,3-4,7H,2,5-6H2,(H,13,15). The van der Waals surface area contributed by atoms with Crippen molar-refractivity contribution in [2.75, 3.05) is 18.4 Å². The molecule has 0 unspecified atom stereocenters. The molecule has 1 aliphatic heterocycles. The van der Waals surface area contributed by atoms with Crippen LogP contribution in [0.15, 0.2) is 24.3 Å². The fourth-order valence-corrected chi connectivity index (χ4v) is 1.35. The number of rotatable bonds is 1. The van der Waals surface area contributed by atoms with Crippen molar-refractivity contribution in [3.63, 3.8) is 0 Å². The molecule has 0 bridgehead atoms. The number of carbonyl (C=O) groups is 2. The first kappa shape index (κ1) is 11.4. The lowest BCUT2D eigenvalue weighted by molar-refractivity contribution is 0.103. The van der Waals surface area contributed by atoms with Gasteiger partial charge in [-0.2, -0.15) is 0 Å². The second-order valence-corrected chi connectivity index (χ2v) is 3.63. The molecule has 0 radical (unpaired) electrons. The van der Waals surface area contributed by atoms with E-state index in [4.69, 9.17) is 0 Å². The van der Waals surface area contributed by atoms with Crippen LogP contribution >= 0.6 is 0 Å². The topological polar surface area (TPSA) is 58.6 Å². The molecule has 1 aromatic rings. The largest absolute Gasteiger partial charge is 0.420 e. The van der Waals surface area contributed by atoms with E-state index in [1.54, 1.807) is 0 Å². The SMILES string of the molecule is O=C(Nc1cccc(F)c1)OC(=O)N1CCC1. The van der Waals surface area contributed by atoms with Gasteiger partial charge in [-0.3, -0.25) is 5.32 Å². The normalized spacial score (nSPS) is 13.8. The second kappa shape index (κ2) is 4.82. The molecule has 1 aromatic carbocycles. The Kier molecular flexibility index (Phi) is 3.22. The van der Waals surface area contributed by atoms with Gasteiger partial charge in [0.2, 0.25) is 0 Å². The smallest absolute Gasteiger partial charge is 0.359 e. The number of likely N-dealkylation sites (tertiary alicyclic amines) is 1. The van der Waals surface area contributed by atoms with Crippen LogP contribution in [-0.2, 0) is 4.74 Å². The fourth-order valence-electron chi connectivity index (χ4n) is 1.35. The highest BCUT2D eigenvalue weighted by molar-refractivity contribution is 5.92. The minimum atomic E-state index is -0.910. The Morgan fingerprint density at radius 1 is 1.35 bits per heavy atom. The Labute approximate surface area is 97.2 Å². The van der Waals surface area contributed by atoms with Gasteiger partial charge in [0, 0.05) is 18.8 Å². The van der Waals surface area contributed by atoms with E-state index in [0.717, 1.165) is 12.5 Å². The number of nitrogens with zero attached hydrogens (tertiary/aromatic N) is 1. The average Bonchev–Trinajstić information content (AvgIpc) is 2.13. The van der Waals surface area contributed by atoms with E-state index in [1.165, 1.54) is 23.1 Å². The summed E-state index contributed by atoms with van der Waals surface area (Å²) in [4.78, 5) is 23.9. The van der Waals surface area contributed by atoms with Crippen LogP contribution in [0.5, 0.6) is 0 Å². The maximum absolute atomic E-state index is 12.8. The minimum Gasteiger partial charge on any atom is -0.359 e. The Morgan fingerprint density at radius 2 is 2.12 bits per heavy atom. The summed E-state index contributed by atoms with van der Waals surface area (Å²) in [6.07, 6.45) is -0.668. The zero-order valence-electron chi connectivity index (χ0n) is 8.98. The number of benzene rings is 1. The molecule has 0 spiro atoms. The first-order chi connectivity index (χ1) is 8.15. The fraction of sp³-hybridized carbons (Fsp3) is 0.273. The highest BCUT2D eigenvalue weighted by atomic mass is 19.1. The molecule has 6 heteroatoms. The number of hydrogen-bond donors (Lipinski definition) is 1. The van der Waals surface area contributed by atoms with Gasteiger partial charge in [0.05, 0.1) is 0 Å². The van der Waals surface area contributed by atoms with E-state index in [0.29, 0.717) is 13.1 Å². The number of nitrogens with one attached hydrogen (secondary N) is 1. The molecular formula is C11H11FN2O3. The van der Waals surface area contributed by atoms with Crippen molar-refractivity contribution >= 4 is 17.9 Å². The molecule has 2 amide bonds. The third kappa shape index (κ3) is 2.93. The molecule has 0 aromatic heterocycles. The highest BCUT2D eigenvalue weighted by Gasteiger charge is 2.23. The zero-order chi connectivity index (χ0) is 12.3. The molecule has 17 heavy (non-hydrogen) atoms. The van der Waals surface area contributed by atoms with Crippen LogP contribution < -0.4 is 5.32 Å². The summed E-state index contributed by atoms with van der Waals surface area (Å²) in [5.41, 5.74) is 0.242. The predicted molar refractivity (Wildman–Crippen MR) is 58.1 cm³/mol. The average molecular weight is 238 g/mol. The first-order valence-electron chi connectivity index (χ1n) is 5.18. The Hall–Kier alpha value is -2.11. The summed E-state index contributed by atoms with van der Waals surface area (Å²) in [5, 5.41) is 2.27. The van der Waals surface area contributed by atoms with Crippen molar-refractivity contribution < 1.29 is 18.7 Å². The quantitative estimate of drug-likeness (QED) is 0.763. The predicted octanol–water partition coefficient (Wildman–Crippen LogP) is 2.20. The van der Waals surface area contributed by atoms with Gasteiger partial charge in [0.1, 0.15) is 5.82 Å². The Balaban J connectivity index is 1.86. The number of halogens is 1. The molecule has 90 valence electrons. The molecule has 0 atom stereocenters. The highest BCUT2D eigenvalue weighted by Crippen LogP contribution is 2.11. The molecule has 1 saturated heterocycles. The van der Waals surface area contributed by atoms with Gasteiger partial charge in [-0.1, -0.05) is 6.07 Å². The minimum absolute atomic E-state index is 0.242. The summed E-state index contributed by atoms with van der Waals surface area (Å²) >= 11 is 0. The molecule has 2 rings (SSSR count). The van der Waals surface area contributed by atoms with Gasteiger partial charge in [-0.05, 0) is 24.6 Å². The molecule has 1 fully saturated rings. The second-order valence-electron chi connectivity index (χ2n) is 3.63. The third-order valence-corrected chi connectivity index (χ3v) is 2.37. The van der Waals surface area contributed by atoms with Gasteiger partial charge in [-0.25, -0.2) is 14.0 Å². The van der Waals surface area contributed by atoms with Crippen LogP contribution in [0.4, 0.5) is 19.7 Å². The van der Waals surface area contributed by atoms with E-state index in [-0.39, 0.29) is 5.69 Å². The lowest BCUT2D eigenvalue weighted by Gasteiger charge is -2.29. The van der Waals surface area contributed by atoms with Crippen LogP contribution in [0.2, 0.25) is 0 Å². The molecule has 1 aliphatic rings. The van der Waals surface area contributed by atoms with Crippen LogP contribution in [0.3, 0.4) is 0 Å². The summed E-state index contributed by atoms with van der Waals surface area (Å²) < 4.78 is 17.3. The summed E-state index contributed by atoms with van der Waals surface area (Å²) in [5.74, 6) is -0.475. The van der Waals surface area contributed by atoms with Gasteiger partial charge in [0.15, 0.2) is 0 Å². The number of hydrogen-bond acceptors (Lipinski definition) is 3. The van der Waals surface area contributed by atoms with Crippen LogP contribution in [0.25, 0.3) is 0 Å². The number of amides is 2. The van der Waals surface area contributed by atoms with Gasteiger partial charge >= 0.3 is 12.2 Å². The van der Waals surface area contributed by atoms with Gasteiger partial charge < -0.3 is 9.64 Å². The van der Waals surface area contributed by atoms with Crippen molar-refractivity contribution in [2.45, 2.75) is 6.42 Å². The number of ether oxygens (including phenoxy) is 1. The van der Waals surface area contributed by atoms with Crippen molar-refractivity contribution in [3.05, 3.63) is 30.1 Å². The monoisotopic (exact) mass is 238 g/mol. The molecule has 5 nitrogen and oxygen atoms in total. The van der Waals surface area contributed by atoms with Crippen molar-refractivity contribution in [1.82, 2.24) is 4.90 Å². The maximum atomic E-state index is 12.8. The van der Waals surface area contributed by atoms with Gasteiger partial charge in [0.25, 0.3) is 0 Å². The van der Waals surface area contributed by atoms with Crippen LogP contribution in [0.1, 0.15) is 6.42 Å². The van der Waals surface area contributed by atoms with Gasteiger partial charge in [-0.15, -0.1) is 0 Å². The van der Waals surface area contributed by atoms with E-state index >= 15 is 0 Å². The zero-order valence-corrected chi connectivity index (χ0v) is 8.98. The van der Waals surface area contributed by atoms with E-state index in [9.17, 15) is 14.0 Å². The maximum Gasteiger partial charge on any atom is 0.420 e. The molecular weight excluding hydrogens is 227 g/mol. The molecule has 0 aliphatic carbocycles. The van der Waals surface area contributed by atoms with Crippen molar-refractivity contribution in [3.8, 4) is 0 Å². The lowest BCUT2D eigenvalue weighted by atomic mass is 10.2. The summed E-state index contributed by atoms with van der Waals surface area (Å²) in [6, 6.07) is 5.33. The van der Waals surface area contributed by atoms with Crippen LogP contribution in [0, 0.1) is 5.82 Å². The molecule has 1 heterocycles. The van der Waals surface area contributed by atoms with Crippen LogP contribution in [-0.4, -0.2) is 30.2 Å². The molecule has 1 N–H and O–H groups in total. The van der Waals surface area contributed by atoms with Crippen molar-refractivity contribution in [2.24, 2.45) is 0 Å². The lowest BCUT2D eigenvalue weighted by Crippen LogP contribution is -2.43. The Morgan fingerprint density at radius 3 is 2.71 bits per heavy atom. The number of anilines is 1.